The lowest BCUT2D eigenvalue weighted by atomic mass is 10.2. The maximum absolute atomic E-state index is 11.8. The number of nitrogens with zero attached hydrogens (tertiary/aromatic N) is 1. The molecule has 1 N–H and O–H groups in total. The summed E-state index contributed by atoms with van der Waals surface area (Å²) in [6, 6.07) is 5.59. The first kappa shape index (κ1) is 21.4. The van der Waals surface area contributed by atoms with Crippen molar-refractivity contribution in [2.24, 2.45) is 0 Å². The number of sulfone groups is 1. The van der Waals surface area contributed by atoms with Gasteiger partial charge in [-0.05, 0) is 24.1 Å². The Balaban J connectivity index is 1.73. The number of rotatable bonds is 8. The van der Waals surface area contributed by atoms with Crippen molar-refractivity contribution >= 4 is 38.9 Å². The van der Waals surface area contributed by atoms with Crippen molar-refractivity contribution in [3.63, 3.8) is 0 Å². The van der Waals surface area contributed by atoms with Crippen molar-refractivity contribution in [2.45, 2.75) is 25.5 Å². The second kappa shape index (κ2) is 9.90. The summed E-state index contributed by atoms with van der Waals surface area (Å²) < 4.78 is 27.8. The van der Waals surface area contributed by atoms with Gasteiger partial charge < -0.3 is 10.1 Å². The van der Waals surface area contributed by atoms with Crippen LogP contribution in [0.2, 0.25) is 10.0 Å². The highest BCUT2D eigenvalue weighted by molar-refractivity contribution is 7.90. The molecule has 9 heteroatoms. The standard InChI is InChI=1S/C17H24Cl2N2O4S/c1-26(23,24)8-2-3-17(22)20-10-14-12-21(6-7-25-14)11-13-4-5-15(18)16(19)9-13/h4-5,9,14H,2-3,6-8,10-12H2,1H3,(H,20,22)/t14-/m0/s1. The van der Waals surface area contributed by atoms with Crippen LogP contribution < -0.4 is 5.32 Å². The van der Waals surface area contributed by atoms with Crippen LogP contribution in [0.15, 0.2) is 18.2 Å². The SMILES string of the molecule is CS(=O)(=O)CCCC(=O)NC[C@H]1CN(Cc2ccc(Cl)c(Cl)c2)CCO1. The van der Waals surface area contributed by atoms with Crippen molar-refractivity contribution in [1.29, 1.82) is 0 Å². The quantitative estimate of drug-likeness (QED) is 0.694. The Morgan fingerprint density at radius 2 is 2.12 bits per heavy atom. The first-order valence-corrected chi connectivity index (χ1v) is 11.3. The van der Waals surface area contributed by atoms with Crippen molar-refractivity contribution in [1.82, 2.24) is 10.2 Å². The van der Waals surface area contributed by atoms with Gasteiger partial charge in [-0.15, -0.1) is 0 Å². The molecule has 26 heavy (non-hydrogen) atoms. The fourth-order valence-corrected chi connectivity index (χ4v) is 3.74. The number of ether oxygens (including phenoxy) is 1. The molecule has 1 aromatic carbocycles. The van der Waals surface area contributed by atoms with E-state index in [-0.39, 0.29) is 24.2 Å². The number of hydrogen-bond donors (Lipinski definition) is 1. The lowest BCUT2D eigenvalue weighted by Crippen LogP contribution is -2.47. The lowest BCUT2D eigenvalue weighted by molar-refractivity contribution is -0.122. The molecule has 1 amide bonds. The Hall–Kier alpha value is -0.860. The average molecular weight is 423 g/mol. The van der Waals surface area contributed by atoms with E-state index in [4.69, 9.17) is 27.9 Å². The van der Waals surface area contributed by atoms with Gasteiger partial charge in [-0.2, -0.15) is 0 Å². The van der Waals surface area contributed by atoms with Crippen LogP contribution in [0.4, 0.5) is 0 Å². The normalized spacial score (nSPS) is 18.7. The fraction of sp³-hybridized carbons (Fsp3) is 0.588. The van der Waals surface area contributed by atoms with Gasteiger partial charge in [0.25, 0.3) is 0 Å². The van der Waals surface area contributed by atoms with Crippen LogP contribution in [-0.4, -0.2) is 63.6 Å². The van der Waals surface area contributed by atoms with Crippen LogP contribution in [-0.2, 0) is 25.9 Å². The van der Waals surface area contributed by atoms with E-state index in [1.807, 2.05) is 12.1 Å². The number of carbonyl (C=O) groups is 1. The predicted molar refractivity (Wildman–Crippen MR) is 103 cm³/mol. The van der Waals surface area contributed by atoms with E-state index in [0.29, 0.717) is 36.2 Å². The molecule has 0 aliphatic carbocycles. The number of morpholine rings is 1. The Morgan fingerprint density at radius 1 is 1.35 bits per heavy atom. The van der Waals surface area contributed by atoms with Crippen molar-refractivity contribution in [3.05, 3.63) is 33.8 Å². The molecule has 0 bridgehead atoms. The van der Waals surface area contributed by atoms with Gasteiger partial charge in [0.05, 0.1) is 28.5 Å². The van der Waals surface area contributed by atoms with E-state index in [1.165, 1.54) is 6.26 Å². The summed E-state index contributed by atoms with van der Waals surface area (Å²) >= 11 is 12.0. The highest BCUT2D eigenvalue weighted by Gasteiger charge is 2.21. The molecule has 146 valence electrons. The van der Waals surface area contributed by atoms with Gasteiger partial charge in [-0.1, -0.05) is 29.3 Å². The zero-order valence-electron chi connectivity index (χ0n) is 14.7. The average Bonchev–Trinajstić information content (AvgIpc) is 2.56. The van der Waals surface area contributed by atoms with Crippen molar-refractivity contribution in [2.75, 3.05) is 38.2 Å². The van der Waals surface area contributed by atoms with E-state index in [1.54, 1.807) is 6.07 Å². The van der Waals surface area contributed by atoms with Crippen molar-refractivity contribution < 1.29 is 17.9 Å². The molecule has 1 atom stereocenters. The van der Waals surface area contributed by atoms with E-state index in [9.17, 15) is 13.2 Å². The minimum Gasteiger partial charge on any atom is -0.374 e. The Morgan fingerprint density at radius 3 is 2.81 bits per heavy atom. The van der Waals surface area contributed by atoms with Gasteiger partial charge in [-0.3, -0.25) is 9.69 Å². The monoisotopic (exact) mass is 422 g/mol. The third-order valence-electron chi connectivity index (χ3n) is 4.06. The molecule has 2 rings (SSSR count). The molecule has 1 aromatic rings. The lowest BCUT2D eigenvalue weighted by Gasteiger charge is -2.33. The van der Waals surface area contributed by atoms with Gasteiger partial charge >= 0.3 is 0 Å². The molecule has 0 radical (unpaired) electrons. The topological polar surface area (TPSA) is 75.7 Å². The number of carbonyl (C=O) groups excluding carboxylic acids is 1. The number of nitrogens with one attached hydrogen (secondary N) is 1. The van der Waals surface area contributed by atoms with Crippen LogP contribution in [0.5, 0.6) is 0 Å². The molecule has 0 aromatic heterocycles. The summed E-state index contributed by atoms with van der Waals surface area (Å²) in [7, 11) is -3.03. The summed E-state index contributed by atoms with van der Waals surface area (Å²) in [5.41, 5.74) is 1.07. The third-order valence-corrected chi connectivity index (χ3v) is 5.83. The number of benzene rings is 1. The van der Waals surface area contributed by atoms with Crippen LogP contribution in [0, 0.1) is 0 Å². The Labute approximate surface area is 164 Å². The summed E-state index contributed by atoms with van der Waals surface area (Å²) in [5.74, 6) is -0.128. The molecule has 0 saturated carbocycles. The van der Waals surface area contributed by atoms with Crippen molar-refractivity contribution in [3.8, 4) is 0 Å². The molecular weight excluding hydrogens is 399 g/mol. The summed E-state index contributed by atoms with van der Waals surface area (Å²) in [4.78, 5) is 14.1. The van der Waals surface area contributed by atoms with Crippen LogP contribution in [0.1, 0.15) is 18.4 Å². The number of hydrogen-bond acceptors (Lipinski definition) is 5. The maximum atomic E-state index is 11.8. The molecule has 1 aliphatic rings. The molecule has 1 fully saturated rings. The number of halogens is 2. The molecular formula is C17H24Cl2N2O4S. The van der Waals surface area contributed by atoms with E-state index in [2.05, 4.69) is 10.2 Å². The van der Waals surface area contributed by atoms with Crippen LogP contribution in [0.3, 0.4) is 0 Å². The molecule has 1 aliphatic heterocycles. The molecule has 0 spiro atoms. The van der Waals surface area contributed by atoms with Crippen LogP contribution >= 0.6 is 23.2 Å². The fourth-order valence-electron chi connectivity index (χ4n) is 2.75. The molecule has 0 unspecified atom stereocenters. The van der Waals surface area contributed by atoms with Crippen LogP contribution in [0.25, 0.3) is 0 Å². The summed E-state index contributed by atoms with van der Waals surface area (Å²) in [6.07, 6.45) is 1.61. The predicted octanol–water partition coefficient (Wildman–Crippen LogP) is 2.14. The number of amides is 1. The van der Waals surface area contributed by atoms with Gasteiger partial charge in [0.2, 0.25) is 5.91 Å². The highest BCUT2D eigenvalue weighted by atomic mass is 35.5. The second-order valence-corrected chi connectivity index (χ2v) is 9.59. The molecule has 6 nitrogen and oxygen atoms in total. The Bertz CT molecular complexity index is 727. The van der Waals surface area contributed by atoms with Gasteiger partial charge in [0.15, 0.2) is 0 Å². The van der Waals surface area contributed by atoms with Gasteiger partial charge in [0.1, 0.15) is 9.84 Å². The summed E-state index contributed by atoms with van der Waals surface area (Å²) in [6.45, 7) is 3.24. The second-order valence-electron chi connectivity index (χ2n) is 6.51. The first-order valence-electron chi connectivity index (χ1n) is 8.45. The minimum atomic E-state index is -3.03. The van der Waals surface area contributed by atoms with E-state index < -0.39 is 9.84 Å². The largest absolute Gasteiger partial charge is 0.374 e. The summed E-state index contributed by atoms with van der Waals surface area (Å²) in [5, 5.41) is 3.89. The molecule has 1 saturated heterocycles. The Kier molecular flexibility index (Phi) is 8.16. The first-order chi connectivity index (χ1) is 12.2. The highest BCUT2D eigenvalue weighted by Crippen LogP contribution is 2.23. The molecule has 1 heterocycles. The van der Waals surface area contributed by atoms with E-state index >= 15 is 0 Å². The minimum absolute atomic E-state index is 0.0256. The van der Waals surface area contributed by atoms with Gasteiger partial charge in [0, 0.05) is 38.9 Å². The smallest absolute Gasteiger partial charge is 0.220 e. The van der Waals surface area contributed by atoms with E-state index in [0.717, 1.165) is 18.7 Å². The zero-order valence-corrected chi connectivity index (χ0v) is 17.0. The third kappa shape index (κ3) is 7.80. The van der Waals surface area contributed by atoms with Gasteiger partial charge in [-0.25, -0.2) is 8.42 Å². The maximum Gasteiger partial charge on any atom is 0.220 e. The zero-order chi connectivity index (χ0) is 19.2.